The van der Waals surface area contributed by atoms with E-state index in [4.69, 9.17) is 20.8 Å². The molecule has 32 heavy (non-hydrogen) atoms. The number of hydrogen-bond acceptors (Lipinski definition) is 5. The van der Waals surface area contributed by atoms with Crippen LogP contribution in [-0.4, -0.2) is 27.9 Å². The zero-order chi connectivity index (χ0) is 22.8. The molecular formula is C25H21ClN2O4. The fraction of sp³-hybridized carbons (Fsp3) is 0.160. The second-order valence-electron chi connectivity index (χ2n) is 7.39. The lowest BCUT2D eigenvalue weighted by atomic mass is 10.1. The lowest BCUT2D eigenvalue weighted by Gasteiger charge is -2.10. The molecule has 4 aromatic rings. The second kappa shape index (κ2) is 8.85. The Morgan fingerprint density at radius 2 is 1.72 bits per heavy atom. The van der Waals surface area contributed by atoms with Crippen LogP contribution in [0.2, 0.25) is 5.02 Å². The van der Waals surface area contributed by atoms with E-state index in [2.05, 4.69) is 4.98 Å². The van der Waals surface area contributed by atoms with Gasteiger partial charge in [-0.15, -0.1) is 0 Å². The van der Waals surface area contributed by atoms with Gasteiger partial charge in [0.15, 0.2) is 12.3 Å². The fourth-order valence-corrected chi connectivity index (χ4v) is 3.73. The van der Waals surface area contributed by atoms with E-state index in [1.807, 2.05) is 60.9 Å². The lowest BCUT2D eigenvalue weighted by Crippen LogP contribution is -2.16. The predicted octanol–water partition coefficient (Wildman–Crippen LogP) is 5.75. The Morgan fingerprint density at radius 3 is 2.41 bits per heavy atom. The molecule has 4 rings (SSSR count). The summed E-state index contributed by atoms with van der Waals surface area (Å²) in [6.45, 7) is 5.01. The number of nitrogens with zero attached hydrogens (tertiary/aromatic N) is 2. The van der Waals surface area contributed by atoms with Crippen LogP contribution in [0.3, 0.4) is 0 Å². The Kier molecular flexibility index (Phi) is 5.97. The minimum Gasteiger partial charge on any atom is -0.452 e. The number of aromatic nitrogens is 2. The van der Waals surface area contributed by atoms with Gasteiger partial charge < -0.3 is 13.7 Å². The summed E-state index contributed by atoms with van der Waals surface area (Å²) >= 11 is 5.98. The van der Waals surface area contributed by atoms with Crippen LogP contribution in [0.1, 0.15) is 38.0 Å². The third kappa shape index (κ3) is 4.22. The van der Waals surface area contributed by atoms with Crippen LogP contribution in [0, 0.1) is 20.8 Å². The van der Waals surface area contributed by atoms with Gasteiger partial charge in [-0.25, -0.2) is 9.78 Å². The van der Waals surface area contributed by atoms with E-state index in [1.54, 1.807) is 25.1 Å². The molecule has 7 heteroatoms. The number of ether oxygens (including phenoxy) is 1. The van der Waals surface area contributed by atoms with Gasteiger partial charge in [0.05, 0.1) is 0 Å². The van der Waals surface area contributed by atoms with Gasteiger partial charge >= 0.3 is 5.97 Å². The first-order chi connectivity index (χ1) is 15.3. The number of halogens is 1. The summed E-state index contributed by atoms with van der Waals surface area (Å²) in [5.41, 5.74) is 3.84. The second-order valence-corrected chi connectivity index (χ2v) is 7.82. The SMILES string of the molecule is Cc1oc(-c2ccccc2)nc1C(=O)OCC(=O)c1cc(C)n(-c2ccc(Cl)cc2)c1C. The van der Waals surface area contributed by atoms with Crippen LogP contribution in [0.25, 0.3) is 17.1 Å². The average molecular weight is 449 g/mol. The first kappa shape index (κ1) is 21.6. The molecule has 0 N–H and O–H groups in total. The minimum absolute atomic E-state index is 0.0586. The maximum Gasteiger partial charge on any atom is 0.361 e. The van der Waals surface area contributed by atoms with E-state index in [0.29, 0.717) is 22.2 Å². The lowest BCUT2D eigenvalue weighted by molar-refractivity contribution is 0.0467. The summed E-state index contributed by atoms with van der Waals surface area (Å²) < 4.78 is 12.8. The molecule has 0 unspecified atom stereocenters. The molecule has 2 aromatic carbocycles. The number of Topliss-reactive ketones (excluding diaryl/α,β-unsaturated/α-hetero) is 1. The monoisotopic (exact) mass is 448 g/mol. The fourth-order valence-electron chi connectivity index (χ4n) is 3.60. The van der Waals surface area contributed by atoms with Gasteiger partial charge in [0.1, 0.15) is 5.76 Å². The van der Waals surface area contributed by atoms with Crippen LogP contribution >= 0.6 is 11.6 Å². The summed E-state index contributed by atoms with van der Waals surface area (Å²) in [4.78, 5) is 29.6. The topological polar surface area (TPSA) is 74.3 Å². The molecule has 2 aromatic heterocycles. The Hall–Kier alpha value is -3.64. The van der Waals surface area contributed by atoms with E-state index in [1.165, 1.54) is 0 Å². The van der Waals surface area contributed by atoms with Crippen LogP contribution in [0.5, 0.6) is 0 Å². The van der Waals surface area contributed by atoms with Gasteiger partial charge in [-0.2, -0.15) is 0 Å². The number of ketones is 1. The average Bonchev–Trinajstić information content (AvgIpc) is 3.32. The highest BCUT2D eigenvalue weighted by molar-refractivity contribution is 6.30. The van der Waals surface area contributed by atoms with Gasteiger partial charge in [0, 0.05) is 33.2 Å². The molecule has 2 heterocycles. The number of carbonyl (C=O) groups excluding carboxylic acids is 2. The molecule has 0 aliphatic heterocycles. The van der Waals surface area contributed by atoms with Crippen molar-refractivity contribution in [1.82, 2.24) is 9.55 Å². The van der Waals surface area contributed by atoms with Crippen LogP contribution in [0.15, 0.2) is 65.1 Å². The first-order valence-electron chi connectivity index (χ1n) is 10.0. The molecule has 0 aliphatic rings. The van der Waals surface area contributed by atoms with Gasteiger partial charge in [-0.3, -0.25) is 4.79 Å². The zero-order valence-corrected chi connectivity index (χ0v) is 18.6. The maximum atomic E-state index is 12.8. The van der Waals surface area contributed by atoms with Crippen LogP contribution in [-0.2, 0) is 4.74 Å². The molecule has 0 amide bonds. The number of esters is 1. The summed E-state index contributed by atoms with van der Waals surface area (Å²) in [5, 5.41) is 0.637. The van der Waals surface area contributed by atoms with E-state index in [-0.39, 0.29) is 11.5 Å². The number of hydrogen-bond donors (Lipinski definition) is 0. The van der Waals surface area contributed by atoms with E-state index in [0.717, 1.165) is 22.6 Å². The molecule has 0 spiro atoms. The number of aryl methyl sites for hydroxylation is 2. The summed E-state index contributed by atoms with van der Waals surface area (Å²) in [6.07, 6.45) is 0. The molecule has 0 atom stereocenters. The molecule has 6 nitrogen and oxygen atoms in total. The molecule has 0 aliphatic carbocycles. The molecule has 0 saturated heterocycles. The molecule has 162 valence electrons. The molecule has 0 fully saturated rings. The smallest absolute Gasteiger partial charge is 0.361 e. The third-order valence-corrected chi connectivity index (χ3v) is 5.41. The van der Waals surface area contributed by atoms with E-state index in [9.17, 15) is 9.59 Å². The van der Waals surface area contributed by atoms with Gasteiger partial charge in [-0.05, 0) is 63.2 Å². The maximum absolute atomic E-state index is 12.8. The van der Waals surface area contributed by atoms with Gasteiger partial charge in [0.2, 0.25) is 11.7 Å². The Morgan fingerprint density at radius 1 is 1.03 bits per heavy atom. The van der Waals surface area contributed by atoms with Crippen molar-refractivity contribution < 1.29 is 18.7 Å². The number of rotatable bonds is 6. The number of oxazole rings is 1. The van der Waals surface area contributed by atoms with E-state index < -0.39 is 12.6 Å². The summed E-state index contributed by atoms with van der Waals surface area (Å²) in [6, 6.07) is 18.4. The highest BCUT2D eigenvalue weighted by atomic mass is 35.5. The highest BCUT2D eigenvalue weighted by Gasteiger charge is 2.22. The van der Waals surface area contributed by atoms with Gasteiger partial charge in [-0.1, -0.05) is 29.8 Å². The number of carbonyl (C=O) groups is 2. The van der Waals surface area contributed by atoms with Crippen molar-refractivity contribution in [2.75, 3.05) is 6.61 Å². The Balaban J connectivity index is 1.49. The van der Waals surface area contributed by atoms with Crippen molar-refractivity contribution in [2.45, 2.75) is 20.8 Å². The third-order valence-electron chi connectivity index (χ3n) is 5.16. The molecular weight excluding hydrogens is 428 g/mol. The van der Waals surface area contributed by atoms with Crippen molar-refractivity contribution >= 4 is 23.4 Å². The predicted molar refractivity (Wildman–Crippen MR) is 122 cm³/mol. The molecule has 0 radical (unpaired) electrons. The van der Waals surface area contributed by atoms with Crippen LogP contribution in [0.4, 0.5) is 0 Å². The Bertz CT molecular complexity index is 1290. The highest BCUT2D eigenvalue weighted by Crippen LogP contribution is 2.24. The van der Waals surface area contributed by atoms with Crippen molar-refractivity contribution in [1.29, 1.82) is 0 Å². The first-order valence-corrected chi connectivity index (χ1v) is 10.4. The quantitative estimate of drug-likeness (QED) is 0.277. The largest absolute Gasteiger partial charge is 0.452 e. The Labute approximate surface area is 190 Å². The van der Waals surface area contributed by atoms with E-state index >= 15 is 0 Å². The molecule has 0 saturated carbocycles. The van der Waals surface area contributed by atoms with Crippen molar-refractivity contribution in [3.05, 3.63) is 94.1 Å². The summed E-state index contributed by atoms with van der Waals surface area (Å²) in [7, 11) is 0. The standard InChI is InChI=1S/C25H21ClN2O4/c1-15-13-21(16(2)28(15)20-11-9-19(26)10-12-20)22(29)14-31-25(30)23-17(3)32-24(27-23)18-7-5-4-6-8-18/h4-13H,14H2,1-3H3. The van der Waals surface area contributed by atoms with Crippen molar-refractivity contribution in [3.63, 3.8) is 0 Å². The minimum atomic E-state index is -0.701. The van der Waals surface area contributed by atoms with Crippen LogP contribution < -0.4 is 0 Å². The van der Waals surface area contributed by atoms with Crippen molar-refractivity contribution in [2.24, 2.45) is 0 Å². The van der Waals surface area contributed by atoms with Crippen molar-refractivity contribution in [3.8, 4) is 17.1 Å². The number of benzene rings is 2. The van der Waals surface area contributed by atoms with Gasteiger partial charge in [0.25, 0.3) is 0 Å². The zero-order valence-electron chi connectivity index (χ0n) is 17.9. The molecule has 0 bridgehead atoms. The summed E-state index contributed by atoms with van der Waals surface area (Å²) in [5.74, 6) is -0.334. The normalized spacial score (nSPS) is 10.9.